The zero-order valence-corrected chi connectivity index (χ0v) is 6.60. The smallest absolute Gasteiger partial charge is 0.237 e. The molecule has 0 radical (unpaired) electrons. The first kappa shape index (κ1) is 7.10. The van der Waals surface area contributed by atoms with Crippen LogP contribution in [-0.2, 0) is 4.79 Å². The fourth-order valence-corrected chi connectivity index (χ4v) is 2.34. The molecule has 3 heteroatoms. The Kier molecular flexibility index (Phi) is 1.42. The van der Waals surface area contributed by atoms with Gasteiger partial charge in [0.15, 0.2) is 0 Å². The van der Waals surface area contributed by atoms with E-state index in [1.54, 1.807) is 0 Å². The number of rotatable bonds is 1. The summed E-state index contributed by atoms with van der Waals surface area (Å²) in [6, 6.07) is 0.566. The first-order valence-corrected chi connectivity index (χ1v) is 4.31. The summed E-state index contributed by atoms with van der Waals surface area (Å²) in [5, 5.41) is 3.33. The monoisotopic (exact) mass is 154 g/mol. The molecule has 0 spiro atoms. The summed E-state index contributed by atoms with van der Waals surface area (Å²) in [5.41, 5.74) is 5.02. The average Bonchev–Trinajstić information content (AvgIpc) is 2.29. The van der Waals surface area contributed by atoms with Gasteiger partial charge in [-0.05, 0) is 32.1 Å². The third kappa shape index (κ3) is 0.948. The Morgan fingerprint density at radius 2 is 2.27 bits per heavy atom. The van der Waals surface area contributed by atoms with E-state index in [2.05, 4.69) is 5.32 Å². The predicted molar refractivity (Wildman–Crippen MR) is 41.9 cm³/mol. The predicted octanol–water partition coefficient (Wildman–Crippen LogP) is 0.146. The Morgan fingerprint density at radius 1 is 1.45 bits per heavy atom. The number of fused-ring (bicyclic) bond motifs is 2. The lowest BCUT2D eigenvalue weighted by Gasteiger charge is -2.31. The van der Waals surface area contributed by atoms with Crippen molar-refractivity contribution >= 4 is 5.91 Å². The lowest BCUT2D eigenvalue weighted by Crippen LogP contribution is -2.55. The van der Waals surface area contributed by atoms with Crippen molar-refractivity contribution in [2.45, 2.75) is 43.7 Å². The molecule has 2 rings (SSSR count). The Bertz CT molecular complexity index is 189. The molecule has 1 unspecified atom stereocenters. The van der Waals surface area contributed by atoms with E-state index in [0.29, 0.717) is 6.04 Å². The Hall–Kier alpha value is -0.570. The van der Waals surface area contributed by atoms with E-state index in [9.17, 15) is 4.79 Å². The van der Waals surface area contributed by atoms with E-state index in [-0.39, 0.29) is 11.4 Å². The van der Waals surface area contributed by atoms with Crippen molar-refractivity contribution in [3.63, 3.8) is 0 Å². The summed E-state index contributed by atoms with van der Waals surface area (Å²) in [7, 11) is 0. The molecule has 2 saturated heterocycles. The number of primary amides is 1. The molecular formula is C8H14N2O. The molecule has 3 nitrogen and oxygen atoms in total. The van der Waals surface area contributed by atoms with Crippen LogP contribution in [0.15, 0.2) is 0 Å². The van der Waals surface area contributed by atoms with Gasteiger partial charge in [0.1, 0.15) is 0 Å². The summed E-state index contributed by atoms with van der Waals surface area (Å²) in [4.78, 5) is 11.1. The van der Waals surface area contributed by atoms with Crippen LogP contribution in [0.25, 0.3) is 0 Å². The van der Waals surface area contributed by atoms with Gasteiger partial charge in [0, 0.05) is 6.04 Å². The topological polar surface area (TPSA) is 55.1 Å². The summed E-state index contributed by atoms with van der Waals surface area (Å²) in [6.45, 7) is 0. The minimum Gasteiger partial charge on any atom is -0.368 e. The second-order valence-electron chi connectivity index (χ2n) is 3.72. The van der Waals surface area contributed by atoms with Gasteiger partial charge in [0.05, 0.1) is 5.54 Å². The van der Waals surface area contributed by atoms with Crippen LogP contribution >= 0.6 is 0 Å². The van der Waals surface area contributed by atoms with Crippen LogP contribution in [0.3, 0.4) is 0 Å². The quantitative estimate of drug-likeness (QED) is 0.564. The van der Waals surface area contributed by atoms with Crippen molar-refractivity contribution in [3.8, 4) is 0 Å². The summed E-state index contributed by atoms with van der Waals surface area (Å²) < 4.78 is 0. The number of nitrogens with two attached hydrogens (primary N) is 1. The zero-order valence-electron chi connectivity index (χ0n) is 6.60. The third-order valence-corrected chi connectivity index (χ3v) is 3.03. The number of carbonyl (C=O) groups is 1. The van der Waals surface area contributed by atoms with Crippen molar-refractivity contribution in [1.29, 1.82) is 0 Å². The molecule has 2 heterocycles. The normalized spacial score (nSPS) is 42.4. The van der Waals surface area contributed by atoms with Gasteiger partial charge in [-0.15, -0.1) is 0 Å². The van der Waals surface area contributed by atoms with Crippen molar-refractivity contribution < 1.29 is 4.79 Å². The third-order valence-electron chi connectivity index (χ3n) is 3.03. The van der Waals surface area contributed by atoms with Crippen molar-refractivity contribution in [1.82, 2.24) is 5.32 Å². The zero-order chi connectivity index (χ0) is 7.90. The fourth-order valence-electron chi connectivity index (χ4n) is 2.34. The van der Waals surface area contributed by atoms with Gasteiger partial charge in [-0.1, -0.05) is 0 Å². The molecule has 2 bridgehead atoms. The van der Waals surface area contributed by atoms with Crippen LogP contribution in [0, 0.1) is 0 Å². The molecule has 2 aliphatic rings. The lowest BCUT2D eigenvalue weighted by atomic mass is 9.90. The average molecular weight is 154 g/mol. The number of carbonyl (C=O) groups excluding carboxylic acids is 1. The Morgan fingerprint density at radius 3 is 2.91 bits per heavy atom. The minimum absolute atomic E-state index is 0.153. The molecule has 11 heavy (non-hydrogen) atoms. The number of hydrogen-bond acceptors (Lipinski definition) is 2. The highest BCUT2D eigenvalue weighted by molar-refractivity contribution is 5.85. The van der Waals surface area contributed by atoms with E-state index >= 15 is 0 Å². The maximum absolute atomic E-state index is 11.1. The van der Waals surface area contributed by atoms with Crippen molar-refractivity contribution in [2.75, 3.05) is 0 Å². The van der Waals surface area contributed by atoms with Crippen LogP contribution in [0.4, 0.5) is 0 Å². The molecule has 0 saturated carbocycles. The molecule has 1 amide bonds. The second kappa shape index (κ2) is 2.21. The van der Waals surface area contributed by atoms with Crippen LogP contribution < -0.4 is 11.1 Å². The van der Waals surface area contributed by atoms with E-state index in [1.807, 2.05) is 0 Å². The SMILES string of the molecule is NC(=O)C12CCC[C@H](CC1)N2. The van der Waals surface area contributed by atoms with Crippen LogP contribution in [0.5, 0.6) is 0 Å². The van der Waals surface area contributed by atoms with Crippen molar-refractivity contribution in [2.24, 2.45) is 5.73 Å². The maximum Gasteiger partial charge on any atom is 0.237 e. The largest absolute Gasteiger partial charge is 0.368 e. The molecule has 62 valence electrons. The van der Waals surface area contributed by atoms with Gasteiger partial charge in [-0.2, -0.15) is 0 Å². The highest BCUT2D eigenvalue weighted by atomic mass is 16.1. The molecular weight excluding hydrogens is 140 g/mol. The Balaban J connectivity index is 2.19. The molecule has 2 fully saturated rings. The molecule has 2 aliphatic heterocycles. The van der Waals surface area contributed by atoms with Gasteiger partial charge in [-0.3, -0.25) is 4.79 Å². The highest BCUT2D eigenvalue weighted by Gasteiger charge is 2.45. The van der Waals surface area contributed by atoms with E-state index in [0.717, 1.165) is 25.7 Å². The Labute approximate surface area is 66.3 Å². The van der Waals surface area contributed by atoms with Crippen LogP contribution in [0.2, 0.25) is 0 Å². The molecule has 2 atom stereocenters. The van der Waals surface area contributed by atoms with Gasteiger partial charge in [0.25, 0.3) is 0 Å². The van der Waals surface area contributed by atoms with E-state index in [1.165, 1.54) is 6.42 Å². The summed E-state index contributed by atoms with van der Waals surface area (Å²) in [6.07, 6.45) is 5.39. The maximum atomic E-state index is 11.1. The van der Waals surface area contributed by atoms with Crippen molar-refractivity contribution in [3.05, 3.63) is 0 Å². The minimum atomic E-state index is -0.317. The standard InChI is InChI=1S/C8H14N2O/c9-7(11)8-4-1-2-6(10-8)3-5-8/h6,10H,1-5H2,(H2,9,11)/t6-,8?/m1/s1. The molecule has 0 aliphatic carbocycles. The highest BCUT2D eigenvalue weighted by Crippen LogP contribution is 2.34. The number of piperidine rings is 1. The number of nitrogens with one attached hydrogen (secondary N) is 1. The molecule has 0 aromatic heterocycles. The van der Waals surface area contributed by atoms with Gasteiger partial charge in [-0.25, -0.2) is 0 Å². The molecule has 3 N–H and O–H groups in total. The van der Waals surface area contributed by atoms with E-state index in [4.69, 9.17) is 5.73 Å². The van der Waals surface area contributed by atoms with Crippen LogP contribution in [0.1, 0.15) is 32.1 Å². The van der Waals surface area contributed by atoms with E-state index < -0.39 is 0 Å². The lowest BCUT2D eigenvalue weighted by molar-refractivity contribution is -0.124. The van der Waals surface area contributed by atoms with Gasteiger partial charge < -0.3 is 11.1 Å². The first-order chi connectivity index (χ1) is 5.23. The van der Waals surface area contributed by atoms with Gasteiger partial charge in [0.2, 0.25) is 5.91 Å². The fraction of sp³-hybridized carbons (Fsp3) is 0.875. The number of amides is 1. The van der Waals surface area contributed by atoms with Gasteiger partial charge >= 0.3 is 0 Å². The number of hydrogen-bond donors (Lipinski definition) is 2. The molecule has 0 aromatic carbocycles. The first-order valence-electron chi connectivity index (χ1n) is 4.31. The summed E-state index contributed by atoms with van der Waals surface area (Å²) in [5.74, 6) is -0.153. The van der Waals surface area contributed by atoms with Crippen LogP contribution in [-0.4, -0.2) is 17.5 Å². The molecule has 0 aromatic rings. The second-order valence-corrected chi connectivity index (χ2v) is 3.72. The summed E-state index contributed by atoms with van der Waals surface area (Å²) >= 11 is 0.